The highest BCUT2D eigenvalue weighted by Crippen LogP contribution is 1.89. The van der Waals surface area contributed by atoms with Crippen LogP contribution in [-0.4, -0.2) is 33.1 Å². The third-order valence-corrected chi connectivity index (χ3v) is 0.854. The third kappa shape index (κ3) is 5.53. The molecule has 0 saturated heterocycles. The first kappa shape index (κ1) is 9.39. The second-order valence-corrected chi connectivity index (χ2v) is 1.63. The molecule has 10 heavy (non-hydrogen) atoms. The monoisotopic (exact) mass is 147 g/mol. The van der Waals surface area contributed by atoms with Crippen LogP contribution in [0.15, 0.2) is 0 Å². The summed E-state index contributed by atoms with van der Waals surface area (Å²) in [5.41, 5.74) is 0. The van der Waals surface area contributed by atoms with Crippen LogP contribution in [-0.2, 0) is 19.0 Å². The van der Waals surface area contributed by atoms with Crippen molar-refractivity contribution >= 4 is 6.47 Å². The van der Waals surface area contributed by atoms with Crippen LogP contribution in [0.2, 0.25) is 0 Å². The molecule has 0 aromatic rings. The summed E-state index contributed by atoms with van der Waals surface area (Å²) < 4.78 is 13.9. The normalized spacial score (nSPS) is 12.6. The van der Waals surface area contributed by atoms with E-state index in [0.29, 0.717) is 13.2 Å². The van der Waals surface area contributed by atoms with E-state index in [2.05, 4.69) is 4.74 Å². The Labute approximate surface area is 60.1 Å². The Balaban J connectivity index is 3.04. The van der Waals surface area contributed by atoms with Crippen LogP contribution >= 0.6 is 0 Å². The fourth-order valence-electron chi connectivity index (χ4n) is 0.399. The predicted octanol–water partition coefficient (Wildman–Crippen LogP) is 0.0792. The topological polar surface area (TPSA) is 44.8 Å². The van der Waals surface area contributed by atoms with E-state index < -0.39 is 6.29 Å². The maximum atomic E-state index is 9.59. The highest BCUT2D eigenvalue weighted by molar-refractivity contribution is 5.38. The molecule has 0 heterocycles. The molecule has 4 heteroatoms. The molecule has 1 radical (unpaired) electrons. The highest BCUT2D eigenvalue weighted by atomic mass is 16.7. The van der Waals surface area contributed by atoms with E-state index in [1.165, 1.54) is 6.47 Å². The molecule has 1 atom stereocenters. The summed E-state index contributed by atoms with van der Waals surface area (Å²) in [5, 5.41) is 0. The van der Waals surface area contributed by atoms with Crippen LogP contribution in [0.1, 0.15) is 6.92 Å². The molecule has 0 amide bonds. The lowest BCUT2D eigenvalue weighted by molar-refractivity contribution is -0.0876. The van der Waals surface area contributed by atoms with Gasteiger partial charge in [0.05, 0.1) is 13.2 Å². The van der Waals surface area contributed by atoms with E-state index in [1.54, 1.807) is 14.0 Å². The van der Waals surface area contributed by atoms with E-state index in [1.807, 2.05) is 0 Å². The molecule has 0 rings (SSSR count). The Morgan fingerprint density at radius 2 is 2.20 bits per heavy atom. The first-order valence-corrected chi connectivity index (χ1v) is 2.94. The number of hydrogen-bond acceptors (Lipinski definition) is 4. The molecule has 0 bridgehead atoms. The van der Waals surface area contributed by atoms with Crippen LogP contribution in [0, 0.1) is 0 Å². The standard InChI is InChI=1S/C6H11O4/c1-6(10-5-7)9-4-3-8-2/h6H,3-4H2,1-2H3. The molecular weight excluding hydrogens is 136 g/mol. The van der Waals surface area contributed by atoms with Crippen molar-refractivity contribution in [1.82, 2.24) is 0 Å². The van der Waals surface area contributed by atoms with Crippen molar-refractivity contribution in [3.63, 3.8) is 0 Å². The second-order valence-electron chi connectivity index (χ2n) is 1.63. The smallest absolute Gasteiger partial charge is 0.419 e. The number of hydrogen-bond donors (Lipinski definition) is 0. The van der Waals surface area contributed by atoms with E-state index in [4.69, 9.17) is 9.47 Å². The molecule has 0 N–H and O–H groups in total. The van der Waals surface area contributed by atoms with Crippen molar-refractivity contribution in [3.8, 4) is 0 Å². The minimum Gasteiger partial charge on any atom is -0.428 e. The third-order valence-electron chi connectivity index (χ3n) is 0.854. The first-order chi connectivity index (χ1) is 4.81. The molecule has 0 fully saturated rings. The van der Waals surface area contributed by atoms with Gasteiger partial charge in [-0.2, -0.15) is 0 Å². The molecule has 4 nitrogen and oxygen atoms in total. The molecule has 0 aliphatic heterocycles. The summed E-state index contributed by atoms with van der Waals surface area (Å²) in [4.78, 5) is 9.59. The Morgan fingerprint density at radius 3 is 2.70 bits per heavy atom. The Bertz CT molecular complexity index is 83.8. The SMILES string of the molecule is COCCOC(C)O[C]=O. The predicted molar refractivity (Wildman–Crippen MR) is 34.1 cm³/mol. The molecular formula is C6H11O4. The van der Waals surface area contributed by atoms with Crippen LogP contribution < -0.4 is 0 Å². The molecule has 0 aliphatic carbocycles. The van der Waals surface area contributed by atoms with Crippen LogP contribution in [0.4, 0.5) is 0 Å². The van der Waals surface area contributed by atoms with Gasteiger partial charge in [-0.25, -0.2) is 4.79 Å². The number of methoxy groups -OCH3 is 1. The molecule has 59 valence electrons. The lowest BCUT2D eigenvalue weighted by atomic mass is 10.7. The molecule has 0 aromatic carbocycles. The quantitative estimate of drug-likeness (QED) is 0.394. The van der Waals surface area contributed by atoms with Gasteiger partial charge in [0, 0.05) is 7.11 Å². The van der Waals surface area contributed by atoms with Crippen molar-refractivity contribution < 1.29 is 19.0 Å². The van der Waals surface area contributed by atoms with Gasteiger partial charge in [-0.15, -0.1) is 0 Å². The van der Waals surface area contributed by atoms with Crippen LogP contribution in [0.25, 0.3) is 0 Å². The highest BCUT2D eigenvalue weighted by Gasteiger charge is 1.99. The van der Waals surface area contributed by atoms with Gasteiger partial charge in [-0.3, -0.25) is 0 Å². The summed E-state index contributed by atoms with van der Waals surface area (Å²) >= 11 is 0. The summed E-state index contributed by atoms with van der Waals surface area (Å²) in [6.07, 6.45) is -0.535. The van der Waals surface area contributed by atoms with Crippen molar-refractivity contribution in [2.45, 2.75) is 13.2 Å². The first-order valence-electron chi connectivity index (χ1n) is 2.94. The Morgan fingerprint density at radius 1 is 1.50 bits per heavy atom. The zero-order valence-electron chi connectivity index (χ0n) is 6.12. The molecule has 0 aliphatic rings. The molecule has 0 spiro atoms. The number of ether oxygens (including phenoxy) is 3. The van der Waals surface area contributed by atoms with Gasteiger partial charge in [0.1, 0.15) is 0 Å². The zero-order chi connectivity index (χ0) is 7.82. The van der Waals surface area contributed by atoms with Gasteiger partial charge in [-0.1, -0.05) is 0 Å². The van der Waals surface area contributed by atoms with E-state index >= 15 is 0 Å². The molecule has 1 unspecified atom stereocenters. The average Bonchev–Trinajstić information content (AvgIpc) is 1.89. The van der Waals surface area contributed by atoms with Crippen molar-refractivity contribution in [1.29, 1.82) is 0 Å². The van der Waals surface area contributed by atoms with E-state index in [0.717, 1.165) is 0 Å². The van der Waals surface area contributed by atoms with Crippen LogP contribution in [0.5, 0.6) is 0 Å². The Kier molecular flexibility index (Phi) is 6.11. The lowest BCUT2D eigenvalue weighted by Crippen LogP contribution is -2.14. The second kappa shape index (κ2) is 6.51. The van der Waals surface area contributed by atoms with Gasteiger partial charge < -0.3 is 14.2 Å². The molecule has 0 saturated carbocycles. The maximum Gasteiger partial charge on any atom is 0.419 e. The van der Waals surface area contributed by atoms with Gasteiger partial charge >= 0.3 is 6.47 Å². The number of carbonyl (C=O) groups excluding carboxylic acids is 1. The fraction of sp³-hybridized carbons (Fsp3) is 0.833. The summed E-state index contributed by atoms with van der Waals surface area (Å²) in [7, 11) is 1.57. The van der Waals surface area contributed by atoms with E-state index in [-0.39, 0.29) is 0 Å². The van der Waals surface area contributed by atoms with E-state index in [9.17, 15) is 4.79 Å². The van der Waals surface area contributed by atoms with Crippen molar-refractivity contribution in [3.05, 3.63) is 0 Å². The van der Waals surface area contributed by atoms with Gasteiger partial charge in [0.15, 0.2) is 0 Å². The van der Waals surface area contributed by atoms with Gasteiger partial charge in [-0.05, 0) is 6.92 Å². The Hall–Kier alpha value is -0.610. The van der Waals surface area contributed by atoms with Crippen molar-refractivity contribution in [2.24, 2.45) is 0 Å². The summed E-state index contributed by atoms with van der Waals surface area (Å²) in [5.74, 6) is 0. The zero-order valence-corrected chi connectivity index (χ0v) is 6.12. The minimum atomic E-state index is -0.535. The van der Waals surface area contributed by atoms with Gasteiger partial charge in [0.25, 0.3) is 0 Å². The van der Waals surface area contributed by atoms with Gasteiger partial charge in [0.2, 0.25) is 6.29 Å². The molecule has 0 aromatic heterocycles. The minimum absolute atomic E-state index is 0.416. The number of rotatable bonds is 6. The average molecular weight is 147 g/mol. The maximum absolute atomic E-state index is 9.59. The lowest BCUT2D eigenvalue weighted by Gasteiger charge is -2.08. The fourth-order valence-corrected chi connectivity index (χ4v) is 0.399. The largest absolute Gasteiger partial charge is 0.428 e. The van der Waals surface area contributed by atoms with Crippen molar-refractivity contribution in [2.75, 3.05) is 20.3 Å². The summed E-state index contributed by atoms with van der Waals surface area (Å²) in [6.45, 7) is 3.80. The van der Waals surface area contributed by atoms with Crippen LogP contribution in [0.3, 0.4) is 0 Å². The summed E-state index contributed by atoms with van der Waals surface area (Å²) in [6, 6.07) is 0.